The van der Waals surface area contributed by atoms with Gasteiger partial charge < -0.3 is 9.67 Å². The lowest BCUT2D eigenvalue weighted by molar-refractivity contribution is 0.0682. The Balaban J connectivity index is 2.55. The van der Waals surface area contributed by atoms with Crippen molar-refractivity contribution in [3.8, 4) is 0 Å². The molecule has 1 N–H and O–H groups in total. The fourth-order valence-electron chi connectivity index (χ4n) is 1.80. The van der Waals surface area contributed by atoms with Crippen LogP contribution in [0.15, 0.2) is 39.7 Å². The number of hydrogen-bond donors (Lipinski definition) is 1. The van der Waals surface area contributed by atoms with Gasteiger partial charge in [-0.1, -0.05) is 30.3 Å². The van der Waals surface area contributed by atoms with Gasteiger partial charge in [0.1, 0.15) is 4.60 Å². The number of rotatable bonds is 3. The summed E-state index contributed by atoms with van der Waals surface area (Å²) in [5, 5.41) is 9.24. The third-order valence-electron chi connectivity index (χ3n) is 2.70. The molecule has 0 aliphatic carbocycles. The SMILES string of the molecule is C[C@H](c1ccccc1)n1c(Br)nc(Br)c1C(=O)O. The van der Waals surface area contributed by atoms with E-state index in [2.05, 4.69) is 36.8 Å². The number of nitrogens with zero attached hydrogens (tertiary/aromatic N) is 2. The maximum absolute atomic E-state index is 11.3. The number of aromatic nitrogens is 2. The van der Waals surface area contributed by atoms with Crippen LogP contribution in [0.1, 0.15) is 29.0 Å². The summed E-state index contributed by atoms with van der Waals surface area (Å²) in [4.78, 5) is 15.4. The quantitative estimate of drug-likeness (QED) is 0.891. The summed E-state index contributed by atoms with van der Waals surface area (Å²) < 4.78 is 2.45. The zero-order chi connectivity index (χ0) is 13.3. The standard InChI is InChI=1S/C12H10Br2N2O2/c1-7(8-5-3-2-4-6-8)16-9(11(17)18)10(13)15-12(16)14/h2-7H,1H3,(H,17,18)/t7-/m1/s1. The van der Waals surface area contributed by atoms with Gasteiger partial charge in [0.15, 0.2) is 10.4 Å². The van der Waals surface area contributed by atoms with Gasteiger partial charge in [0.05, 0.1) is 6.04 Å². The number of imidazole rings is 1. The number of carbonyl (C=O) groups is 1. The van der Waals surface area contributed by atoms with E-state index in [0.29, 0.717) is 9.34 Å². The number of halogens is 2. The zero-order valence-corrected chi connectivity index (χ0v) is 12.6. The number of hydrogen-bond acceptors (Lipinski definition) is 2. The molecule has 0 aliphatic rings. The summed E-state index contributed by atoms with van der Waals surface area (Å²) in [5.41, 5.74) is 1.16. The Morgan fingerprint density at radius 3 is 2.50 bits per heavy atom. The Kier molecular flexibility index (Phi) is 3.87. The van der Waals surface area contributed by atoms with Gasteiger partial charge in [-0.3, -0.25) is 0 Å². The van der Waals surface area contributed by atoms with Gasteiger partial charge in [-0.2, -0.15) is 0 Å². The van der Waals surface area contributed by atoms with Crippen LogP contribution in [0.5, 0.6) is 0 Å². The molecule has 0 saturated heterocycles. The Labute approximate surface area is 121 Å². The average Bonchev–Trinajstić information content (AvgIpc) is 2.64. The molecule has 18 heavy (non-hydrogen) atoms. The van der Waals surface area contributed by atoms with E-state index >= 15 is 0 Å². The maximum Gasteiger partial charge on any atom is 0.355 e. The molecule has 0 unspecified atom stereocenters. The molecule has 6 heteroatoms. The van der Waals surface area contributed by atoms with Crippen molar-refractivity contribution >= 4 is 37.8 Å². The molecule has 0 fully saturated rings. The molecule has 4 nitrogen and oxygen atoms in total. The molecular formula is C12H10Br2N2O2. The molecule has 0 spiro atoms. The van der Waals surface area contributed by atoms with E-state index in [0.717, 1.165) is 5.56 Å². The number of aromatic carboxylic acids is 1. The summed E-state index contributed by atoms with van der Waals surface area (Å²) in [7, 11) is 0. The van der Waals surface area contributed by atoms with Crippen LogP contribution >= 0.6 is 31.9 Å². The highest BCUT2D eigenvalue weighted by molar-refractivity contribution is 9.11. The maximum atomic E-state index is 11.3. The van der Waals surface area contributed by atoms with Gasteiger partial charge in [-0.05, 0) is 44.3 Å². The third-order valence-corrected chi connectivity index (χ3v) is 3.81. The third kappa shape index (κ3) is 2.35. The fourth-order valence-corrected chi connectivity index (χ4v) is 3.23. The van der Waals surface area contributed by atoms with Crippen molar-refractivity contribution < 1.29 is 9.90 Å². The largest absolute Gasteiger partial charge is 0.476 e. The Morgan fingerprint density at radius 2 is 1.94 bits per heavy atom. The van der Waals surface area contributed by atoms with Gasteiger partial charge in [-0.25, -0.2) is 9.78 Å². The van der Waals surface area contributed by atoms with E-state index in [1.165, 1.54) is 0 Å². The minimum absolute atomic E-state index is 0.120. The van der Waals surface area contributed by atoms with Crippen molar-refractivity contribution in [1.29, 1.82) is 0 Å². The molecule has 2 aromatic rings. The Bertz CT molecular complexity index is 581. The van der Waals surface area contributed by atoms with Crippen molar-refractivity contribution in [2.45, 2.75) is 13.0 Å². The number of carboxylic acid groups (broad SMARTS) is 1. The van der Waals surface area contributed by atoms with Crippen LogP contribution < -0.4 is 0 Å². The number of benzene rings is 1. The first kappa shape index (κ1) is 13.3. The molecule has 0 bridgehead atoms. The van der Waals surface area contributed by atoms with Gasteiger partial charge in [0.25, 0.3) is 0 Å². The summed E-state index contributed by atoms with van der Waals surface area (Å²) in [6.07, 6.45) is 0. The first-order valence-corrected chi connectivity index (χ1v) is 6.82. The first-order chi connectivity index (χ1) is 8.52. The van der Waals surface area contributed by atoms with E-state index in [1.807, 2.05) is 37.3 Å². The summed E-state index contributed by atoms with van der Waals surface area (Å²) in [5.74, 6) is -1.01. The zero-order valence-electron chi connectivity index (χ0n) is 9.47. The first-order valence-electron chi connectivity index (χ1n) is 5.24. The van der Waals surface area contributed by atoms with Gasteiger partial charge in [0.2, 0.25) is 0 Å². The summed E-state index contributed by atoms with van der Waals surface area (Å²) >= 11 is 6.46. The number of carboxylic acids is 1. The molecule has 94 valence electrons. The summed E-state index contributed by atoms with van der Waals surface area (Å²) in [6.45, 7) is 1.93. The van der Waals surface area contributed by atoms with Crippen molar-refractivity contribution in [2.75, 3.05) is 0 Å². The highest BCUT2D eigenvalue weighted by Gasteiger charge is 2.24. The molecule has 1 atom stereocenters. The molecule has 0 saturated carbocycles. The van der Waals surface area contributed by atoms with E-state index in [9.17, 15) is 9.90 Å². The lowest BCUT2D eigenvalue weighted by Crippen LogP contribution is -2.14. The topological polar surface area (TPSA) is 55.1 Å². The Hall–Kier alpha value is -1.14. The van der Waals surface area contributed by atoms with Gasteiger partial charge >= 0.3 is 5.97 Å². The van der Waals surface area contributed by atoms with Crippen molar-refractivity contribution in [1.82, 2.24) is 9.55 Å². The normalized spacial score (nSPS) is 12.4. The van der Waals surface area contributed by atoms with E-state index in [-0.39, 0.29) is 11.7 Å². The summed E-state index contributed by atoms with van der Waals surface area (Å²) in [6, 6.07) is 9.56. The van der Waals surface area contributed by atoms with Crippen LogP contribution in [-0.2, 0) is 0 Å². The van der Waals surface area contributed by atoms with Gasteiger partial charge in [0, 0.05) is 0 Å². The second-order valence-electron chi connectivity index (χ2n) is 3.78. The van der Waals surface area contributed by atoms with Crippen molar-refractivity contribution in [2.24, 2.45) is 0 Å². The molecular weight excluding hydrogens is 364 g/mol. The van der Waals surface area contributed by atoms with Crippen molar-refractivity contribution in [3.63, 3.8) is 0 Å². The van der Waals surface area contributed by atoms with Crippen LogP contribution in [0.2, 0.25) is 0 Å². The molecule has 0 radical (unpaired) electrons. The van der Waals surface area contributed by atoms with Crippen molar-refractivity contribution in [3.05, 3.63) is 50.9 Å². The highest BCUT2D eigenvalue weighted by atomic mass is 79.9. The molecule has 1 aromatic carbocycles. The second-order valence-corrected chi connectivity index (χ2v) is 5.24. The van der Waals surface area contributed by atoms with E-state index in [1.54, 1.807) is 4.57 Å². The van der Waals surface area contributed by atoms with Crippen LogP contribution in [0.4, 0.5) is 0 Å². The smallest absolute Gasteiger partial charge is 0.355 e. The Morgan fingerprint density at radius 1 is 1.33 bits per heavy atom. The van der Waals surface area contributed by atoms with E-state index < -0.39 is 5.97 Å². The van der Waals surface area contributed by atoms with Crippen LogP contribution in [-0.4, -0.2) is 20.6 Å². The second kappa shape index (κ2) is 5.24. The molecule has 1 heterocycles. The average molecular weight is 374 g/mol. The highest BCUT2D eigenvalue weighted by Crippen LogP contribution is 2.29. The van der Waals surface area contributed by atoms with E-state index in [4.69, 9.17) is 0 Å². The molecule has 0 aliphatic heterocycles. The van der Waals surface area contributed by atoms with Crippen LogP contribution in [0, 0.1) is 0 Å². The lowest BCUT2D eigenvalue weighted by atomic mass is 10.1. The van der Waals surface area contributed by atoms with Gasteiger partial charge in [-0.15, -0.1) is 0 Å². The molecule has 1 aromatic heterocycles. The predicted octanol–water partition coefficient (Wildman–Crippen LogP) is 3.72. The van der Waals surface area contributed by atoms with Crippen LogP contribution in [0.3, 0.4) is 0 Å². The monoisotopic (exact) mass is 372 g/mol. The lowest BCUT2D eigenvalue weighted by Gasteiger charge is -2.16. The minimum atomic E-state index is -1.01. The molecule has 2 rings (SSSR count). The molecule has 0 amide bonds. The predicted molar refractivity (Wildman–Crippen MR) is 74.8 cm³/mol. The minimum Gasteiger partial charge on any atom is -0.476 e. The van der Waals surface area contributed by atoms with Crippen LogP contribution in [0.25, 0.3) is 0 Å². The fraction of sp³-hybridized carbons (Fsp3) is 0.167.